The van der Waals surface area contributed by atoms with Crippen molar-refractivity contribution < 1.29 is 34.4 Å². The summed E-state index contributed by atoms with van der Waals surface area (Å²) in [6, 6.07) is 13.7. The number of aliphatic hydroxyl groups excluding tert-OH is 1. The minimum Gasteiger partial charge on any atom is -0.494 e. The van der Waals surface area contributed by atoms with Gasteiger partial charge in [0.1, 0.15) is 11.5 Å². The number of rotatable bonds is 18. The summed E-state index contributed by atoms with van der Waals surface area (Å²) in [4.78, 5) is 21.9. The lowest BCUT2D eigenvalue weighted by Crippen LogP contribution is -2.07. The van der Waals surface area contributed by atoms with Crippen LogP contribution in [0.25, 0.3) is 11.1 Å². The van der Waals surface area contributed by atoms with Crippen molar-refractivity contribution in [1.82, 2.24) is 0 Å². The van der Waals surface area contributed by atoms with E-state index in [1.807, 2.05) is 41.8 Å². The fraction of sp³-hybridized carbons (Fsp3) is 0.400. The first-order valence-corrected chi connectivity index (χ1v) is 14.0. The zero-order chi connectivity index (χ0) is 27.2. The minimum absolute atomic E-state index is 0.0193. The highest BCUT2D eigenvalue weighted by atomic mass is 32.1. The Hall–Kier alpha value is -3.36. The molecule has 0 aliphatic carbocycles. The Balaban J connectivity index is 1.46. The molecule has 0 aliphatic heterocycles. The van der Waals surface area contributed by atoms with Gasteiger partial charge in [0.2, 0.25) is 0 Å². The van der Waals surface area contributed by atoms with Crippen LogP contribution >= 0.6 is 11.3 Å². The van der Waals surface area contributed by atoms with Crippen LogP contribution in [0.5, 0.6) is 11.5 Å². The molecule has 204 valence electrons. The van der Waals surface area contributed by atoms with Crippen LogP contribution in [-0.4, -0.2) is 40.5 Å². The van der Waals surface area contributed by atoms with Crippen molar-refractivity contribution in [2.75, 3.05) is 13.2 Å². The summed E-state index contributed by atoms with van der Waals surface area (Å²) in [5.41, 5.74) is 4.97. The molecule has 3 aromatic rings. The monoisotopic (exact) mass is 540 g/mol. The fourth-order valence-electron chi connectivity index (χ4n) is 4.29. The van der Waals surface area contributed by atoms with Crippen LogP contribution in [0.3, 0.4) is 0 Å². The molecule has 3 rings (SSSR count). The van der Waals surface area contributed by atoms with Crippen molar-refractivity contribution in [3.8, 4) is 22.6 Å². The molecule has 1 heterocycles. The number of hydrogen-bond acceptors (Lipinski definition) is 6. The highest BCUT2D eigenvalue weighted by Crippen LogP contribution is 2.29. The third-order valence-electron chi connectivity index (χ3n) is 6.22. The average molecular weight is 541 g/mol. The van der Waals surface area contributed by atoms with E-state index in [0.717, 1.165) is 65.7 Å². The molecular weight excluding hydrogens is 504 g/mol. The van der Waals surface area contributed by atoms with E-state index in [4.69, 9.17) is 14.6 Å². The Bertz CT molecular complexity index is 1160. The maximum absolute atomic E-state index is 11.2. The summed E-state index contributed by atoms with van der Waals surface area (Å²) in [6.45, 7) is 0.852. The number of ether oxygens (including phenoxy) is 2. The molecular formula is C30H36O7S. The number of carboxylic acids is 2. The SMILES string of the molecule is O=C(O)CCCOc1cccc(CCCCCCOc2cc(CO)cc(-c3ccsc3)c2)c1CCC(=O)O. The number of hydrogen-bond donors (Lipinski definition) is 3. The number of thiophene rings is 1. The third-order valence-corrected chi connectivity index (χ3v) is 6.91. The molecule has 0 fully saturated rings. The topological polar surface area (TPSA) is 113 Å². The Morgan fingerprint density at radius 2 is 1.58 bits per heavy atom. The van der Waals surface area contributed by atoms with E-state index in [0.29, 0.717) is 25.2 Å². The molecule has 0 radical (unpaired) electrons. The smallest absolute Gasteiger partial charge is 0.303 e. The molecule has 0 atom stereocenters. The van der Waals surface area contributed by atoms with Gasteiger partial charge in [-0.05, 0) is 101 Å². The lowest BCUT2D eigenvalue weighted by atomic mass is 9.97. The van der Waals surface area contributed by atoms with Gasteiger partial charge < -0.3 is 24.8 Å². The van der Waals surface area contributed by atoms with Gasteiger partial charge in [0.05, 0.1) is 19.8 Å². The van der Waals surface area contributed by atoms with Crippen molar-refractivity contribution in [1.29, 1.82) is 0 Å². The van der Waals surface area contributed by atoms with Gasteiger partial charge in [-0.3, -0.25) is 9.59 Å². The second-order valence-electron chi connectivity index (χ2n) is 9.18. The van der Waals surface area contributed by atoms with Crippen molar-refractivity contribution in [2.24, 2.45) is 0 Å². The number of aliphatic hydroxyl groups is 1. The molecule has 0 amide bonds. The summed E-state index contributed by atoms with van der Waals surface area (Å²) in [5.74, 6) is -0.306. The van der Waals surface area contributed by atoms with Crippen LogP contribution in [0.15, 0.2) is 53.2 Å². The van der Waals surface area contributed by atoms with Crippen molar-refractivity contribution in [2.45, 2.75) is 64.4 Å². The zero-order valence-corrected chi connectivity index (χ0v) is 22.4. The van der Waals surface area contributed by atoms with Gasteiger partial charge in [0, 0.05) is 12.8 Å². The second kappa shape index (κ2) is 15.8. The lowest BCUT2D eigenvalue weighted by molar-refractivity contribution is -0.138. The van der Waals surface area contributed by atoms with E-state index in [2.05, 4.69) is 11.4 Å². The molecule has 0 saturated heterocycles. The van der Waals surface area contributed by atoms with Crippen LogP contribution in [0.4, 0.5) is 0 Å². The maximum atomic E-state index is 11.2. The fourth-order valence-corrected chi connectivity index (χ4v) is 4.96. The molecule has 0 aliphatic rings. The van der Waals surface area contributed by atoms with Gasteiger partial charge in [-0.1, -0.05) is 25.0 Å². The maximum Gasteiger partial charge on any atom is 0.303 e. The number of carboxylic acid groups (broad SMARTS) is 2. The van der Waals surface area contributed by atoms with E-state index in [-0.39, 0.29) is 26.1 Å². The molecule has 0 spiro atoms. The van der Waals surface area contributed by atoms with E-state index in [1.54, 1.807) is 11.3 Å². The Labute approximate surface area is 227 Å². The third kappa shape index (κ3) is 9.84. The van der Waals surface area contributed by atoms with Crippen LogP contribution in [0, 0.1) is 0 Å². The Kier molecular flexibility index (Phi) is 12.1. The van der Waals surface area contributed by atoms with Gasteiger partial charge >= 0.3 is 11.9 Å². The number of aryl methyl sites for hydroxylation is 1. The molecule has 7 nitrogen and oxygen atoms in total. The molecule has 8 heteroatoms. The Morgan fingerprint density at radius 1 is 0.789 bits per heavy atom. The van der Waals surface area contributed by atoms with Crippen molar-refractivity contribution >= 4 is 23.3 Å². The molecule has 1 aromatic heterocycles. The van der Waals surface area contributed by atoms with Gasteiger partial charge in [-0.2, -0.15) is 11.3 Å². The summed E-state index contributed by atoms with van der Waals surface area (Å²) in [7, 11) is 0. The Morgan fingerprint density at radius 3 is 2.32 bits per heavy atom. The molecule has 0 unspecified atom stereocenters. The quantitative estimate of drug-likeness (QED) is 0.161. The summed E-state index contributed by atoms with van der Waals surface area (Å²) in [6.07, 6.45) is 5.57. The van der Waals surface area contributed by atoms with Crippen LogP contribution in [-0.2, 0) is 29.0 Å². The molecule has 0 bridgehead atoms. The average Bonchev–Trinajstić information content (AvgIpc) is 3.45. The molecule has 0 saturated carbocycles. The number of unbranched alkanes of at least 4 members (excludes halogenated alkanes) is 3. The lowest BCUT2D eigenvalue weighted by Gasteiger charge is -2.15. The standard InChI is InChI=1S/C30H36O7S/c31-20-22-17-25(24-13-16-38-21-24)19-26(18-22)36-14-4-2-1-3-7-23-8-5-9-28(27(23)11-12-30(34)35)37-15-6-10-29(32)33/h5,8-9,13,16-19,21,31H,1-4,6-7,10-12,14-15,20H2,(H,32,33)(H,34,35). The van der Waals surface area contributed by atoms with Gasteiger partial charge in [0.25, 0.3) is 0 Å². The van der Waals surface area contributed by atoms with Gasteiger partial charge in [0.15, 0.2) is 0 Å². The predicted octanol–water partition coefficient (Wildman–Crippen LogP) is 6.35. The van der Waals surface area contributed by atoms with Gasteiger partial charge in [-0.15, -0.1) is 0 Å². The summed E-state index contributed by atoms with van der Waals surface area (Å²) >= 11 is 1.64. The van der Waals surface area contributed by atoms with Crippen LogP contribution in [0.2, 0.25) is 0 Å². The van der Waals surface area contributed by atoms with E-state index in [9.17, 15) is 19.8 Å². The van der Waals surface area contributed by atoms with E-state index < -0.39 is 11.9 Å². The predicted molar refractivity (Wildman–Crippen MR) is 148 cm³/mol. The minimum atomic E-state index is -0.861. The van der Waals surface area contributed by atoms with Crippen molar-refractivity contribution in [3.63, 3.8) is 0 Å². The first kappa shape index (κ1) is 29.2. The summed E-state index contributed by atoms with van der Waals surface area (Å²) in [5, 5.41) is 31.7. The highest BCUT2D eigenvalue weighted by Gasteiger charge is 2.12. The van der Waals surface area contributed by atoms with E-state index >= 15 is 0 Å². The largest absolute Gasteiger partial charge is 0.494 e. The zero-order valence-electron chi connectivity index (χ0n) is 21.6. The molecule has 2 aromatic carbocycles. The first-order valence-electron chi connectivity index (χ1n) is 13.0. The molecule has 3 N–H and O–H groups in total. The van der Waals surface area contributed by atoms with E-state index in [1.165, 1.54) is 0 Å². The first-order chi connectivity index (χ1) is 18.5. The van der Waals surface area contributed by atoms with Crippen molar-refractivity contribution in [3.05, 3.63) is 69.9 Å². The number of benzene rings is 2. The second-order valence-corrected chi connectivity index (χ2v) is 9.96. The van der Waals surface area contributed by atoms with Crippen LogP contribution < -0.4 is 9.47 Å². The molecule has 38 heavy (non-hydrogen) atoms. The summed E-state index contributed by atoms with van der Waals surface area (Å²) < 4.78 is 11.8. The van der Waals surface area contributed by atoms with Gasteiger partial charge in [-0.25, -0.2) is 0 Å². The number of carbonyl (C=O) groups is 2. The number of aliphatic carboxylic acids is 2. The highest BCUT2D eigenvalue weighted by molar-refractivity contribution is 7.08. The normalized spacial score (nSPS) is 10.9. The van der Waals surface area contributed by atoms with Crippen LogP contribution in [0.1, 0.15) is 61.6 Å².